The molecular formula is C17H14ClNO2S2. The van der Waals surface area contributed by atoms with Crippen LogP contribution in [0.15, 0.2) is 53.2 Å². The molecule has 6 heteroatoms. The van der Waals surface area contributed by atoms with Crippen molar-refractivity contribution in [2.24, 2.45) is 0 Å². The minimum Gasteiger partial charge on any atom is -0.383 e. The van der Waals surface area contributed by atoms with E-state index in [9.17, 15) is 9.90 Å². The average Bonchev–Trinajstić information content (AvgIpc) is 3.23. The van der Waals surface area contributed by atoms with E-state index in [1.807, 2.05) is 29.0 Å². The van der Waals surface area contributed by atoms with E-state index in [2.05, 4.69) is 5.32 Å². The van der Waals surface area contributed by atoms with Crippen molar-refractivity contribution in [3.63, 3.8) is 0 Å². The maximum Gasteiger partial charge on any atom is 0.251 e. The van der Waals surface area contributed by atoms with Gasteiger partial charge in [0.1, 0.15) is 6.10 Å². The number of carbonyl (C=O) groups excluding carboxylic acids is 1. The summed E-state index contributed by atoms with van der Waals surface area (Å²) in [6, 6.07) is 12.6. The average molecular weight is 364 g/mol. The number of benzene rings is 1. The van der Waals surface area contributed by atoms with E-state index >= 15 is 0 Å². The first-order valence-electron chi connectivity index (χ1n) is 6.96. The maximum atomic E-state index is 12.1. The van der Waals surface area contributed by atoms with Crippen molar-refractivity contribution in [3.05, 3.63) is 79.1 Å². The monoisotopic (exact) mass is 363 g/mol. The highest BCUT2D eigenvalue weighted by molar-refractivity contribution is 7.12. The number of thiophene rings is 2. The number of hydrogen-bond donors (Lipinski definition) is 2. The third kappa shape index (κ3) is 4.00. The van der Waals surface area contributed by atoms with Crippen LogP contribution >= 0.6 is 34.3 Å². The number of aliphatic hydroxyl groups is 1. The zero-order chi connectivity index (χ0) is 16.2. The van der Waals surface area contributed by atoms with Gasteiger partial charge in [-0.25, -0.2) is 0 Å². The third-order valence-electron chi connectivity index (χ3n) is 3.32. The van der Waals surface area contributed by atoms with E-state index in [-0.39, 0.29) is 5.91 Å². The Hall–Kier alpha value is -1.66. The first kappa shape index (κ1) is 16.2. The molecule has 2 heterocycles. The van der Waals surface area contributed by atoms with Gasteiger partial charge in [0.05, 0.1) is 6.54 Å². The number of halogens is 1. The molecule has 0 aliphatic heterocycles. The van der Waals surface area contributed by atoms with Crippen LogP contribution in [-0.2, 0) is 6.54 Å². The highest BCUT2D eigenvalue weighted by Gasteiger charge is 2.14. The van der Waals surface area contributed by atoms with Crippen molar-refractivity contribution in [2.75, 3.05) is 0 Å². The summed E-state index contributed by atoms with van der Waals surface area (Å²) in [5, 5.41) is 17.6. The van der Waals surface area contributed by atoms with E-state index < -0.39 is 6.10 Å². The van der Waals surface area contributed by atoms with Crippen LogP contribution in [-0.4, -0.2) is 11.0 Å². The van der Waals surface area contributed by atoms with Crippen LogP contribution in [0.3, 0.4) is 0 Å². The van der Waals surface area contributed by atoms with Crippen molar-refractivity contribution in [2.45, 2.75) is 12.6 Å². The van der Waals surface area contributed by atoms with E-state index in [0.717, 1.165) is 15.3 Å². The molecule has 0 saturated carbocycles. The van der Waals surface area contributed by atoms with Gasteiger partial charge in [0.2, 0.25) is 0 Å². The normalized spacial score (nSPS) is 12.1. The molecule has 0 saturated heterocycles. The molecule has 3 rings (SSSR count). The standard InChI is InChI=1S/C17H14ClNO2S2/c18-13-3-1-2-11(8-13)17(21)19-9-14-4-5-15(23-14)16(20)12-6-7-22-10-12/h1-8,10,16,20H,9H2,(H,19,21). The Labute approximate surface area is 147 Å². The Balaban J connectivity index is 1.62. The van der Waals surface area contributed by atoms with Gasteiger partial charge >= 0.3 is 0 Å². The summed E-state index contributed by atoms with van der Waals surface area (Å²) in [5.41, 5.74) is 1.43. The SMILES string of the molecule is O=C(NCc1ccc(C(O)c2ccsc2)s1)c1cccc(Cl)c1. The second-order valence-electron chi connectivity index (χ2n) is 4.96. The second-order valence-corrected chi connectivity index (χ2v) is 7.37. The van der Waals surface area contributed by atoms with Gasteiger partial charge < -0.3 is 10.4 Å². The predicted octanol–water partition coefficient (Wildman–Crippen LogP) is 4.47. The molecule has 1 atom stereocenters. The Morgan fingerprint density at radius 2 is 2.13 bits per heavy atom. The second kappa shape index (κ2) is 7.27. The molecule has 0 fully saturated rings. The summed E-state index contributed by atoms with van der Waals surface area (Å²) in [4.78, 5) is 13.9. The van der Waals surface area contributed by atoms with Crippen molar-refractivity contribution < 1.29 is 9.90 Å². The lowest BCUT2D eigenvalue weighted by molar-refractivity contribution is 0.0951. The summed E-state index contributed by atoms with van der Waals surface area (Å²) in [6.45, 7) is 0.423. The molecule has 23 heavy (non-hydrogen) atoms. The smallest absolute Gasteiger partial charge is 0.251 e. The van der Waals surface area contributed by atoms with Crippen molar-refractivity contribution in [3.8, 4) is 0 Å². The van der Waals surface area contributed by atoms with Crippen LogP contribution < -0.4 is 5.32 Å². The Kier molecular flexibility index (Phi) is 5.13. The number of nitrogens with one attached hydrogen (secondary N) is 1. The first-order chi connectivity index (χ1) is 11.1. The fraction of sp³-hybridized carbons (Fsp3) is 0.118. The molecule has 1 amide bonds. The predicted molar refractivity (Wildman–Crippen MR) is 95.3 cm³/mol. The van der Waals surface area contributed by atoms with Crippen LogP contribution in [0, 0.1) is 0 Å². The molecule has 0 aliphatic rings. The molecule has 1 unspecified atom stereocenters. The topological polar surface area (TPSA) is 49.3 Å². The Morgan fingerprint density at radius 1 is 1.26 bits per heavy atom. The van der Waals surface area contributed by atoms with Crippen LogP contribution in [0.4, 0.5) is 0 Å². The lowest BCUT2D eigenvalue weighted by atomic mass is 10.2. The Bertz CT molecular complexity index is 799. The third-order valence-corrected chi connectivity index (χ3v) is 5.40. The number of amides is 1. The van der Waals surface area contributed by atoms with Crippen LogP contribution in [0.25, 0.3) is 0 Å². The lowest BCUT2D eigenvalue weighted by Crippen LogP contribution is -2.22. The summed E-state index contributed by atoms with van der Waals surface area (Å²) in [6.07, 6.45) is -0.608. The molecule has 1 aromatic carbocycles. The molecule has 0 bridgehead atoms. The number of carbonyl (C=O) groups is 1. The number of rotatable bonds is 5. The molecular weight excluding hydrogens is 350 g/mol. The lowest BCUT2D eigenvalue weighted by Gasteiger charge is -2.06. The molecule has 3 nitrogen and oxygen atoms in total. The highest BCUT2D eigenvalue weighted by Crippen LogP contribution is 2.29. The van der Waals surface area contributed by atoms with Gasteiger partial charge in [-0.1, -0.05) is 17.7 Å². The van der Waals surface area contributed by atoms with Gasteiger partial charge in [-0.3, -0.25) is 4.79 Å². The summed E-state index contributed by atoms with van der Waals surface area (Å²) in [7, 11) is 0. The largest absolute Gasteiger partial charge is 0.383 e. The van der Waals surface area contributed by atoms with Crippen molar-refractivity contribution >= 4 is 40.2 Å². The van der Waals surface area contributed by atoms with E-state index in [1.165, 1.54) is 11.3 Å². The fourth-order valence-corrected chi connectivity index (χ4v) is 3.97. The molecule has 3 aromatic rings. The number of aliphatic hydroxyl groups excluding tert-OH is 1. The van der Waals surface area contributed by atoms with E-state index in [1.54, 1.807) is 35.6 Å². The summed E-state index contributed by atoms with van der Waals surface area (Å²) in [5.74, 6) is -0.166. The van der Waals surface area contributed by atoms with Gasteiger partial charge in [-0.15, -0.1) is 11.3 Å². The van der Waals surface area contributed by atoms with Crippen LogP contribution in [0.1, 0.15) is 31.8 Å². The fourth-order valence-electron chi connectivity index (χ4n) is 2.13. The quantitative estimate of drug-likeness (QED) is 0.702. The molecule has 2 N–H and O–H groups in total. The van der Waals surface area contributed by atoms with Crippen molar-refractivity contribution in [1.82, 2.24) is 5.32 Å². The molecule has 0 radical (unpaired) electrons. The van der Waals surface area contributed by atoms with Gasteiger partial charge in [0.25, 0.3) is 5.91 Å². The minimum atomic E-state index is -0.608. The summed E-state index contributed by atoms with van der Waals surface area (Å²) >= 11 is 8.94. The van der Waals surface area contributed by atoms with Gasteiger partial charge in [0, 0.05) is 20.3 Å². The van der Waals surface area contributed by atoms with Gasteiger partial charge in [-0.2, -0.15) is 11.3 Å². The number of hydrogen-bond acceptors (Lipinski definition) is 4. The Morgan fingerprint density at radius 3 is 2.87 bits per heavy atom. The van der Waals surface area contributed by atoms with Gasteiger partial charge in [0.15, 0.2) is 0 Å². The van der Waals surface area contributed by atoms with Crippen molar-refractivity contribution in [1.29, 1.82) is 0 Å². The summed E-state index contributed by atoms with van der Waals surface area (Å²) < 4.78 is 0. The molecule has 118 valence electrons. The minimum absolute atomic E-state index is 0.166. The van der Waals surface area contributed by atoms with Crippen LogP contribution in [0.2, 0.25) is 5.02 Å². The molecule has 0 aliphatic carbocycles. The van der Waals surface area contributed by atoms with E-state index in [4.69, 9.17) is 11.6 Å². The van der Waals surface area contributed by atoms with Gasteiger partial charge in [-0.05, 0) is 52.7 Å². The molecule has 0 spiro atoms. The zero-order valence-electron chi connectivity index (χ0n) is 12.0. The zero-order valence-corrected chi connectivity index (χ0v) is 14.4. The molecule has 2 aromatic heterocycles. The highest BCUT2D eigenvalue weighted by atomic mass is 35.5. The first-order valence-corrected chi connectivity index (χ1v) is 9.10. The maximum absolute atomic E-state index is 12.1. The van der Waals surface area contributed by atoms with Crippen LogP contribution in [0.5, 0.6) is 0 Å². The van der Waals surface area contributed by atoms with E-state index in [0.29, 0.717) is 17.1 Å².